The summed E-state index contributed by atoms with van der Waals surface area (Å²) in [4.78, 5) is 22.9. The minimum atomic E-state index is 0.0662. The molecular formula is C17H19N3O. The predicted molar refractivity (Wildman–Crippen MR) is 83.6 cm³/mol. The van der Waals surface area contributed by atoms with E-state index in [1.165, 1.54) is 6.42 Å². The number of benzene rings is 1. The van der Waals surface area contributed by atoms with E-state index in [1.54, 1.807) is 18.3 Å². The van der Waals surface area contributed by atoms with Crippen molar-refractivity contribution in [1.82, 2.24) is 14.9 Å². The maximum absolute atomic E-state index is 12.2. The number of carbonyl (C=O) groups excluding carboxylic acids is 1. The van der Waals surface area contributed by atoms with Crippen LogP contribution >= 0.6 is 0 Å². The summed E-state index contributed by atoms with van der Waals surface area (Å²) >= 11 is 0. The Bertz CT molecular complexity index is 681. The van der Waals surface area contributed by atoms with Crippen molar-refractivity contribution in [3.63, 3.8) is 0 Å². The van der Waals surface area contributed by atoms with Crippen LogP contribution in [-0.2, 0) is 4.79 Å². The van der Waals surface area contributed by atoms with E-state index in [0.29, 0.717) is 11.6 Å². The molecule has 4 heteroatoms. The van der Waals surface area contributed by atoms with Crippen molar-refractivity contribution in [2.75, 3.05) is 13.1 Å². The number of rotatable bonds is 2. The van der Waals surface area contributed by atoms with Gasteiger partial charge < -0.3 is 4.90 Å². The number of hydrogen-bond donors (Lipinski definition) is 0. The molecule has 108 valence electrons. The van der Waals surface area contributed by atoms with E-state index in [9.17, 15) is 4.79 Å². The van der Waals surface area contributed by atoms with Crippen LogP contribution in [-0.4, -0.2) is 33.9 Å². The Kier molecular flexibility index (Phi) is 3.95. The van der Waals surface area contributed by atoms with Crippen LogP contribution in [0.1, 0.15) is 25.5 Å². The summed E-state index contributed by atoms with van der Waals surface area (Å²) in [5.41, 5.74) is 2.43. The summed E-state index contributed by atoms with van der Waals surface area (Å²) in [7, 11) is 0. The van der Waals surface area contributed by atoms with Crippen LogP contribution in [0.3, 0.4) is 0 Å². The van der Waals surface area contributed by atoms with Crippen molar-refractivity contribution in [3.05, 3.63) is 42.2 Å². The topological polar surface area (TPSA) is 46.1 Å². The van der Waals surface area contributed by atoms with Gasteiger partial charge >= 0.3 is 0 Å². The molecule has 1 aromatic heterocycles. The first kappa shape index (κ1) is 13.7. The van der Waals surface area contributed by atoms with Gasteiger partial charge in [-0.15, -0.1) is 0 Å². The molecule has 3 rings (SSSR count). The molecule has 1 aliphatic heterocycles. The minimum absolute atomic E-state index is 0.0662. The van der Waals surface area contributed by atoms with E-state index in [2.05, 4.69) is 16.9 Å². The minimum Gasteiger partial charge on any atom is -0.339 e. The predicted octanol–water partition coefficient (Wildman–Crippen LogP) is 2.90. The van der Waals surface area contributed by atoms with Crippen molar-refractivity contribution in [1.29, 1.82) is 0 Å². The zero-order chi connectivity index (χ0) is 14.7. The smallest absolute Gasteiger partial charge is 0.246 e. The van der Waals surface area contributed by atoms with Crippen molar-refractivity contribution < 1.29 is 4.79 Å². The van der Waals surface area contributed by atoms with Crippen LogP contribution in [0.15, 0.2) is 36.5 Å². The van der Waals surface area contributed by atoms with Gasteiger partial charge in [0, 0.05) is 19.2 Å². The largest absolute Gasteiger partial charge is 0.339 e. The molecule has 1 amide bonds. The zero-order valence-corrected chi connectivity index (χ0v) is 12.2. The van der Waals surface area contributed by atoms with Crippen molar-refractivity contribution >= 4 is 23.0 Å². The van der Waals surface area contributed by atoms with Gasteiger partial charge in [-0.1, -0.05) is 19.1 Å². The first-order valence-electron chi connectivity index (χ1n) is 7.41. The van der Waals surface area contributed by atoms with Gasteiger partial charge in [0.1, 0.15) is 0 Å². The molecule has 0 spiro atoms. The summed E-state index contributed by atoms with van der Waals surface area (Å²) in [6.07, 6.45) is 7.36. The third kappa shape index (κ3) is 3.27. The molecule has 1 saturated heterocycles. The van der Waals surface area contributed by atoms with Crippen LogP contribution in [0.2, 0.25) is 0 Å². The Morgan fingerprint density at radius 3 is 2.95 bits per heavy atom. The van der Waals surface area contributed by atoms with Crippen LogP contribution in [0.4, 0.5) is 0 Å². The van der Waals surface area contributed by atoms with Gasteiger partial charge in [-0.05, 0) is 37.0 Å². The fraction of sp³-hybridized carbons (Fsp3) is 0.353. The Morgan fingerprint density at radius 1 is 1.33 bits per heavy atom. The van der Waals surface area contributed by atoms with E-state index in [0.717, 1.165) is 30.5 Å². The van der Waals surface area contributed by atoms with E-state index in [4.69, 9.17) is 0 Å². The second-order valence-electron chi connectivity index (χ2n) is 5.65. The molecule has 4 nitrogen and oxygen atoms in total. The second kappa shape index (κ2) is 6.04. The lowest BCUT2D eigenvalue weighted by molar-refractivity contribution is -0.127. The molecule has 0 radical (unpaired) electrons. The second-order valence-corrected chi connectivity index (χ2v) is 5.65. The lowest BCUT2D eigenvalue weighted by atomic mass is 10.0. The molecule has 0 N–H and O–H groups in total. The normalized spacial score (nSPS) is 19.3. The van der Waals surface area contributed by atoms with Gasteiger partial charge in [-0.25, -0.2) is 4.98 Å². The molecule has 1 atom stereocenters. The van der Waals surface area contributed by atoms with E-state index >= 15 is 0 Å². The fourth-order valence-electron chi connectivity index (χ4n) is 2.70. The van der Waals surface area contributed by atoms with Gasteiger partial charge in [-0.3, -0.25) is 9.78 Å². The maximum atomic E-state index is 12.2. The molecule has 1 aromatic carbocycles. The number of likely N-dealkylation sites (tertiary alicyclic amines) is 1. The molecule has 1 aliphatic rings. The SMILES string of the molecule is CC1CCCN(C(=O)/C=C/c2cnc3ccccc3n2)C1. The van der Waals surface area contributed by atoms with Crippen molar-refractivity contribution in [2.24, 2.45) is 5.92 Å². The zero-order valence-electron chi connectivity index (χ0n) is 12.2. The van der Waals surface area contributed by atoms with Gasteiger partial charge in [0.25, 0.3) is 0 Å². The van der Waals surface area contributed by atoms with E-state index < -0.39 is 0 Å². The van der Waals surface area contributed by atoms with Gasteiger partial charge in [-0.2, -0.15) is 0 Å². The molecule has 0 bridgehead atoms. The number of aromatic nitrogens is 2. The number of nitrogens with zero attached hydrogens (tertiary/aromatic N) is 3. The van der Waals surface area contributed by atoms with Crippen LogP contribution in [0.5, 0.6) is 0 Å². The Morgan fingerprint density at radius 2 is 2.14 bits per heavy atom. The summed E-state index contributed by atoms with van der Waals surface area (Å²) in [6.45, 7) is 3.90. The number of fused-ring (bicyclic) bond motifs is 1. The monoisotopic (exact) mass is 281 g/mol. The van der Waals surface area contributed by atoms with E-state index in [-0.39, 0.29) is 5.91 Å². The molecule has 0 aliphatic carbocycles. The summed E-state index contributed by atoms with van der Waals surface area (Å²) in [5, 5.41) is 0. The number of carbonyl (C=O) groups is 1. The molecule has 1 fully saturated rings. The third-order valence-corrected chi connectivity index (χ3v) is 3.83. The summed E-state index contributed by atoms with van der Waals surface area (Å²) in [6, 6.07) is 7.72. The van der Waals surface area contributed by atoms with Crippen molar-refractivity contribution in [2.45, 2.75) is 19.8 Å². The molecule has 2 heterocycles. The standard InChI is InChI=1S/C17H19N3O/c1-13-5-4-10-20(12-13)17(21)9-8-14-11-18-15-6-2-3-7-16(15)19-14/h2-3,6-9,11,13H,4-5,10,12H2,1H3/b9-8+. The van der Waals surface area contributed by atoms with Crippen LogP contribution in [0.25, 0.3) is 17.1 Å². The quantitative estimate of drug-likeness (QED) is 0.795. The third-order valence-electron chi connectivity index (χ3n) is 3.83. The molecule has 1 unspecified atom stereocenters. The van der Waals surface area contributed by atoms with Gasteiger partial charge in [0.05, 0.1) is 22.9 Å². The van der Waals surface area contributed by atoms with Gasteiger partial charge in [0.2, 0.25) is 5.91 Å². The summed E-state index contributed by atoms with van der Waals surface area (Å²) in [5.74, 6) is 0.660. The summed E-state index contributed by atoms with van der Waals surface area (Å²) < 4.78 is 0. The average molecular weight is 281 g/mol. The highest BCUT2D eigenvalue weighted by molar-refractivity contribution is 5.91. The van der Waals surface area contributed by atoms with Crippen molar-refractivity contribution in [3.8, 4) is 0 Å². The number of amides is 1. The Labute approximate surface area is 124 Å². The highest BCUT2D eigenvalue weighted by Gasteiger charge is 2.18. The molecule has 0 saturated carbocycles. The highest BCUT2D eigenvalue weighted by atomic mass is 16.2. The number of para-hydroxylation sites is 2. The molecule has 2 aromatic rings. The first-order chi connectivity index (χ1) is 10.2. The number of piperidine rings is 1. The van der Waals surface area contributed by atoms with Crippen LogP contribution < -0.4 is 0 Å². The highest BCUT2D eigenvalue weighted by Crippen LogP contribution is 2.16. The fourth-order valence-corrected chi connectivity index (χ4v) is 2.70. The Balaban J connectivity index is 1.73. The molecular weight excluding hydrogens is 262 g/mol. The lowest BCUT2D eigenvalue weighted by Crippen LogP contribution is -2.38. The van der Waals surface area contributed by atoms with E-state index in [1.807, 2.05) is 29.2 Å². The average Bonchev–Trinajstić information content (AvgIpc) is 2.52. The maximum Gasteiger partial charge on any atom is 0.246 e. The Hall–Kier alpha value is -2.23. The molecule has 21 heavy (non-hydrogen) atoms. The number of hydrogen-bond acceptors (Lipinski definition) is 3. The lowest BCUT2D eigenvalue weighted by Gasteiger charge is -2.30. The van der Waals surface area contributed by atoms with Gasteiger partial charge in [0.15, 0.2) is 0 Å². The first-order valence-corrected chi connectivity index (χ1v) is 7.41. The van der Waals surface area contributed by atoms with Crippen LogP contribution in [0, 0.1) is 5.92 Å².